The highest BCUT2D eigenvalue weighted by Crippen LogP contribution is 2.41. The van der Waals surface area contributed by atoms with Gasteiger partial charge in [-0.05, 0) is 54.5 Å². The van der Waals surface area contributed by atoms with E-state index in [1.165, 1.54) is 0 Å². The van der Waals surface area contributed by atoms with Gasteiger partial charge < -0.3 is 29.1 Å². The summed E-state index contributed by atoms with van der Waals surface area (Å²) in [4.78, 5) is 30.5. The molecular weight excluding hydrogens is 508 g/mol. The van der Waals surface area contributed by atoms with Gasteiger partial charge in [0.25, 0.3) is 11.7 Å². The lowest BCUT2D eigenvalue weighted by atomic mass is 9.95. The van der Waals surface area contributed by atoms with Crippen molar-refractivity contribution in [2.75, 3.05) is 39.4 Å². The number of ether oxygens (including phenoxy) is 3. The van der Waals surface area contributed by atoms with Crippen LogP contribution in [0.2, 0.25) is 0 Å². The van der Waals surface area contributed by atoms with Gasteiger partial charge in [0.2, 0.25) is 0 Å². The molecule has 2 heterocycles. The number of ketones is 1. The van der Waals surface area contributed by atoms with Crippen molar-refractivity contribution in [3.05, 3.63) is 95.1 Å². The summed E-state index contributed by atoms with van der Waals surface area (Å²) in [6, 6.07) is 21.5. The largest absolute Gasteiger partial charge is 0.507 e. The number of benzene rings is 3. The molecule has 1 fully saturated rings. The number of Topliss-reactive ketones (excluding diaryl/α,β-unsaturated/α-hetero) is 1. The summed E-state index contributed by atoms with van der Waals surface area (Å²) in [5.41, 5.74) is 2.21. The molecule has 2 aliphatic rings. The van der Waals surface area contributed by atoms with Crippen LogP contribution in [0.4, 0.5) is 0 Å². The fraction of sp³-hybridized carbons (Fsp3) is 0.312. The number of aliphatic hydroxyl groups is 1. The van der Waals surface area contributed by atoms with Crippen molar-refractivity contribution < 1.29 is 28.9 Å². The van der Waals surface area contributed by atoms with E-state index in [9.17, 15) is 14.7 Å². The first-order valence-electron chi connectivity index (χ1n) is 13.7. The third-order valence-electron chi connectivity index (χ3n) is 7.35. The van der Waals surface area contributed by atoms with Crippen molar-refractivity contribution in [2.45, 2.75) is 26.5 Å². The number of amides is 1. The Morgan fingerprint density at radius 2 is 1.65 bits per heavy atom. The number of fused-ring (bicyclic) bond motifs is 1. The molecule has 1 unspecified atom stereocenters. The molecule has 1 atom stereocenters. The molecule has 1 N–H and O–H groups in total. The van der Waals surface area contributed by atoms with Crippen molar-refractivity contribution in [2.24, 2.45) is 0 Å². The Morgan fingerprint density at radius 3 is 2.35 bits per heavy atom. The smallest absolute Gasteiger partial charge is 0.295 e. The number of likely N-dealkylation sites (tertiary alicyclic amines) is 1. The molecule has 0 aliphatic carbocycles. The molecular formula is C32H34N2O6. The van der Waals surface area contributed by atoms with Crippen LogP contribution in [0.3, 0.4) is 0 Å². The Hall–Kier alpha value is -4.30. The van der Waals surface area contributed by atoms with E-state index in [1.807, 2.05) is 54.6 Å². The predicted molar refractivity (Wildman–Crippen MR) is 151 cm³/mol. The first-order chi connectivity index (χ1) is 19.5. The summed E-state index contributed by atoms with van der Waals surface area (Å²) in [6.07, 6.45) is 0. The second-order valence-corrected chi connectivity index (χ2v) is 9.72. The highest BCUT2D eigenvalue weighted by Gasteiger charge is 2.46. The Kier molecular flexibility index (Phi) is 8.36. The maximum absolute atomic E-state index is 13.4. The summed E-state index contributed by atoms with van der Waals surface area (Å²) in [5.74, 6) is 0.157. The van der Waals surface area contributed by atoms with Crippen LogP contribution >= 0.6 is 0 Å². The third-order valence-corrected chi connectivity index (χ3v) is 7.35. The van der Waals surface area contributed by atoms with E-state index >= 15 is 0 Å². The molecule has 8 nitrogen and oxygen atoms in total. The molecule has 40 heavy (non-hydrogen) atoms. The number of hydrogen-bond donors (Lipinski definition) is 1. The van der Waals surface area contributed by atoms with Gasteiger partial charge >= 0.3 is 0 Å². The van der Waals surface area contributed by atoms with E-state index in [2.05, 4.69) is 18.7 Å². The van der Waals surface area contributed by atoms with E-state index in [4.69, 9.17) is 14.2 Å². The Morgan fingerprint density at radius 1 is 0.950 bits per heavy atom. The summed E-state index contributed by atoms with van der Waals surface area (Å²) >= 11 is 0. The molecule has 5 rings (SSSR count). The Balaban J connectivity index is 1.48. The summed E-state index contributed by atoms with van der Waals surface area (Å²) < 4.78 is 17.2. The van der Waals surface area contributed by atoms with Crippen molar-refractivity contribution >= 4 is 17.4 Å². The van der Waals surface area contributed by atoms with Crippen LogP contribution in [0.25, 0.3) is 5.76 Å². The summed E-state index contributed by atoms with van der Waals surface area (Å²) in [6.45, 7) is 8.00. The van der Waals surface area contributed by atoms with Gasteiger partial charge in [0, 0.05) is 18.7 Å². The van der Waals surface area contributed by atoms with Crippen molar-refractivity contribution in [3.63, 3.8) is 0 Å². The molecule has 0 radical (unpaired) electrons. The van der Waals surface area contributed by atoms with Gasteiger partial charge in [0.1, 0.15) is 31.3 Å². The number of aliphatic hydroxyl groups excluding tert-OH is 1. The number of likely N-dealkylation sites (N-methyl/N-ethyl adjacent to an activating group) is 1. The van der Waals surface area contributed by atoms with Crippen LogP contribution in [-0.2, 0) is 16.2 Å². The van der Waals surface area contributed by atoms with E-state index in [1.54, 1.807) is 23.1 Å². The average molecular weight is 543 g/mol. The number of hydrogen-bond acceptors (Lipinski definition) is 7. The molecule has 0 spiro atoms. The second kappa shape index (κ2) is 12.3. The minimum Gasteiger partial charge on any atom is -0.507 e. The van der Waals surface area contributed by atoms with Crippen molar-refractivity contribution in [1.82, 2.24) is 9.80 Å². The van der Waals surface area contributed by atoms with Gasteiger partial charge in [-0.15, -0.1) is 0 Å². The first-order valence-corrected chi connectivity index (χ1v) is 13.7. The number of carbonyl (C=O) groups excluding carboxylic acids is 2. The lowest BCUT2D eigenvalue weighted by molar-refractivity contribution is -0.140. The molecule has 2 aliphatic heterocycles. The predicted octanol–water partition coefficient (Wildman–Crippen LogP) is 4.80. The van der Waals surface area contributed by atoms with Crippen molar-refractivity contribution in [1.29, 1.82) is 0 Å². The Labute approximate surface area is 234 Å². The zero-order valence-electron chi connectivity index (χ0n) is 22.8. The zero-order chi connectivity index (χ0) is 28.1. The van der Waals surface area contributed by atoms with Crippen LogP contribution in [0.15, 0.2) is 78.4 Å². The quantitative estimate of drug-likeness (QED) is 0.224. The van der Waals surface area contributed by atoms with Gasteiger partial charge in [0.15, 0.2) is 11.5 Å². The SMILES string of the molecule is CCN(CC)CCN1C(=O)C(=O)/C(=C(/O)c2ccc3c(c2)OCCO3)C1c1ccc(OCc2ccccc2)cc1. The van der Waals surface area contributed by atoms with Gasteiger partial charge in [-0.3, -0.25) is 9.59 Å². The number of carbonyl (C=O) groups is 2. The maximum atomic E-state index is 13.4. The van der Waals surface area contributed by atoms with E-state index < -0.39 is 17.7 Å². The molecule has 3 aromatic carbocycles. The second-order valence-electron chi connectivity index (χ2n) is 9.72. The lowest BCUT2D eigenvalue weighted by Crippen LogP contribution is -2.38. The normalized spacial score (nSPS) is 17.9. The van der Waals surface area contributed by atoms with Crippen LogP contribution in [0, 0.1) is 0 Å². The molecule has 1 amide bonds. The van der Waals surface area contributed by atoms with Crippen molar-refractivity contribution in [3.8, 4) is 17.2 Å². The van der Waals surface area contributed by atoms with Gasteiger partial charge in [-0.25, -0.2) is 0 Å². The van der Waals surface area contributed by atoms with E-state index in [0.29, 0.717) is 61.3 Å². The monoisotopic (exact) mass is 542 g/mol. The third kappa shape index (κ3) is 5.67. The maximum Gasteiger partial charge on any atom is 0.295 e. The highest BCUT2D eigenvalue weighted by molar-refractivity contribution is 6.46. The topological polar surface area (TPSA) is 88.5 Å². The number of nitrogens with zero attached hydrogens (tertiary/aromatic N) is 2. The molecule has 0 bridgehead atoms. The van der Waals surface area contributed by atoms with Crippen LogP contribution < -0.4 is 14.2 Å². The first kappa shape index (κ1) is 27.3. The molecule has 8 heteroatoms. The fourth-order valence-electron chi connectivity index (χ4n) is 5.08. The van der Waals surface area contributed by atoms with Gasteiger partial charge in [0.05, 0.1) is 11.6 Å². The fourth-order valence-corrected chi connectivity index (χ4v) is 5.08. The lowest BCUT2D eigenvalue weighted by Gasteiger charge is -2.28. The minimum atomic E-state index is -0.744. The molecule has 1 saturated heterocycles. The highest BCUT2D eigenvalue weighted by atomic mass is 16.6. The minimum absolute atomic E-state index is 0.0548. The average Bonchev–Trinajstić information content (AvgIpc) is 3.25. The van der Waals surface area contributed by atoms with E-state index in [-0.39, 0.29) is 11.3 Å². The Bertz CT molecular complexity index is 1380. The van der Waals surface area contributed by atoms with Crippen LogP contribution in [-0.4, -0.2) is 66.0 Å². The molecule has 208 valence electrons. The summed E-state index contributed by atoms with van der Waals surface area (Å²) in [7, 11) is 0. The van der Waals surface area contributed by atoms with Crippen LogP contribution in [0.1, 0.15) is 36.6 Å². The van der Waals surface area contributed by atoms with E-state index in [0.717, 1.165) is 18.7 Å². The van der Waals surface area contributed by atoms with Gasteiger partial charge in [-0.1, -0.05) is 56.3 Å². The zero-order valence-corrected chi connectivity index (χ0v) is 22.8. The van der Waals surface area contributed by atoms with Crippen LogP contribution in [0.5, 0.6) is 17.2 Å². The molecule has 0 aromatic heterocycles. The summed E-state index contributed by atoms with van der Waals surface area (Å²) in [5, 5.41) is 11.4. The van der Waals surface area contributed by atoms with Gasteiger partial charge in [-0.2, -0.15) is 0 Å². The molecule has 3 aromatic rings. The standard InChI is InChI=1S/C32H34N2O6/c1-3-33(4-2)16-17-34-29(23-10-13-25(14-11-23)40-21-22-8-6-5-7-9-22)28(31(36)32(34)37)30(35)24-12-15-26-27(20-24)39-19-18-38-26/h5-15,20,29,35H,3-4,16-19,21H2,1-2H3/b30-28+. The number of rotatable bonds is 10. The molecule has 0 saturated carbocycles.